The van der Waals surface area contributed by atoms with E-state index in [1.165, 1.54) is 12.1 Å². The zero-order chi connectivity index (χ0) is 26.7. The van der Waals surface area contributed by atoms with Crippen LogP contribution in [0, 0.1) is 17.9 Å². The van der Waals surface area contributed by atoms with E-state index in [2.05, 4.69) is 24.1 Å². The van der Waals surface area contributed by atoms with Gasteiger partial charge in [0.05, 0.1) is 0 Å². The number of hydrogen-bond donors (Lipinski definition) is 2. The third-order valence-electron chi connectivity index (χ3n) is 7.45. The van der Waals surface area contributed by atoms with E-state index >= 15 is 0 Å². The molecule has 2 atom stereocenters. The van der Waals surface area contributed by atoms with Gasteiger partial charge in [0.2, 0.25) is 11.9 Å². The van der Waals surface area contributed by atoms with Gasteiger partial charge in [-0.1, -0.05) is 26.0 Å². The topological polar surface area (TPSA) is 104 Å². The van der Waals surface area contributed by atoms with E-state index in [0.29, 0.717) is 33.9 Å². The van der Waals surface area contributed by atoms with Crippen molar-refractivity contribution in [3.05, 3.63) is 116 Å². The number of nitrogen functional groups attached to an aromatic ring is 1. The molecule has 38 heavy (non-hydrogen) atoms. The Morgan fingerprint density at radius 1 is 1.08 bits per heavy atom. The molecule has 0 unspecified atom stereocenters. The molecule has 192 valence electrons. The van der Waals surface area contributed by atoms with Gasteiger partial charge < -0.3 is 21.0 Å². The quantitative estimate of drug-likeness (QED) is 0.291. The van der Waals surface area contributed by atoms with Crippen LogP contribution in [0.3, 0.4) is 0 Å². The summed E-state index contributed by atoms with van der Waals surface area (Å²) in [4.78, 5) is 17.5. The number of ether oxygens (including phenoxy) is 1. The molecule has 2 aromatic heterocycles. The Hall–Kier alpha value is -4.30. The van der Waals surface area contributed by atoms with Crippen LogP contribution in [0.5, 0.6) is 0 Å². The number of nitrogens with one attached hydrogen (secondary N) is 1. The summed E-state index contributed by atoms with van der Waals surface area (Å²) in [6, 6.07) is 16.0. The molecular weight excluding hydrogens is 483 g/mol. The average molecular weight is 511 g/mol. The molecule has 4 aromatic rings. The monoisotopic (exact) mass is 510 g/mol. The van der Waals surface area contributed by atoms with E-state index in [4.69, 9.17) is 10.5 Å². The minimum atomic E-state index is -0.588. The van der Waals surface area contributed by atoms with Gasteiger partial charge in [0, 0.05) is 29.4 Å². The number of carbonyl (C=O) groups excluding carboxylic acids is 1. The minimum Gasteiger partial charge on any atom is -0.618 e. The van der Waals surface area contributed by atoms with Crippen molar-refractivity contribution in [2.24, 2.45) is 0 Å². The minimum absolute atomic E-state index is 0.186. The van der Waals surface area contributed by atoms with E-state index in [9.17, 15) is 14.4 Å². The number of halogens is 1. The lowest BCUT2D eigenvalue weighted by Gasteiger charge is -2.18. The number of aromatic nitrogens is 2. The highest BCUT2D eigenvalue weighted by molar-refractivity contribution is 5.94. The van der Waals surface area contributed by atoms with Crippen molar-refractivity contribution in [1.29, 1.82) is 0 Å². The molecule has 0 saturated heterocycles. The molecule has 0 spiro atoms. The lowest BCUT2D eigenvalue weighted by atomic mass is 9.84. The van der Waals surface area contributed by atoms with Gasteiger partial charge in [-0.05, 0) is 82.6 Å². The van der Waals surface area contributed by atoms with Crippen LogP contribution in [-0.4, -0.2) is 10.9 Å². The summed E-state index contributed by atoms with van der Waals surface area (Å²) in [5.41, 5.74) is 14.3. The van der Waals surface area contributed by atoms with E-state index in [1.807, 2.05) is 49.4 Å². The van der Waals surface area contributed by atoms with Crippen LogP contribution in [0.15, 0.2) is 60.8 Å². The molecule has 0 fully saturated rings. The molecular formula is C30H27FN4O3. The van der Waals surface area contributed by atoms with Crippen molar-refractivity contribution in [2.45, 2.75) is 45.4 Å². The normalized spacial score (nSPS) is 17.0. The van der Waals surface area contributed by atoms with Gasteiger partial charge in [0.1, 0.15) is 18.0 Å². The van der Waals surface area contributed by atoms with Crippen LogP contribution in [-0.2, 0) is 11.3 Å². The zero-order valence-electron chi connectivity index (χ0n) is 21.3. The van der Waals surface area contributed by atoms with Crippen LogP contribution in [0.2, 0.25) is 0 Å². The average Bonchev–Trinajstić information content (AvgIpc) is 3.44. The van der Waals surface area contributed by atoms with Gasteiger partial charge in [-0.15, -0.1) is 0 Å². The number of carbonyl (C=O) groups is 1. The Morgan fingerprint density at radius 2 is 1.79 bits per heavy atom. The van der Waals surface area contributed by atoms with Gasteiger partial charge in [0.15, 0.2) is 5.82 Å². The van der Waals surface area contributed by atoms with Gasteiger partial charge in [0.25, 0.3) is 5.91 Å². The van der Waals surface area contributed by atoms with Crippen LogP contribution in [0.1, 0.15) is 81.4 Å². The van der Waals surface area contributed by atoms with Crippen molar-refractivity contribution in [3.8, 4) is 11.3 Å². The number of anilines is 1. The van der Waals surface area contributed by atoms with Crippen molar-refractivity contribution in [3.63, 3.8) is 0 Å². The number of hydrogen-bond acceptors (Lipinski definition) is 5. The maximum absolute atomic E-state index is 13.4. The molecule has 4 heterocycles. The summed E-state index contributed by atoms with van der Waals surface area (Å²) in [5.74, 6) is -0.0538. The summed E-state index contributed by atoms with van der Waals surface area (Å²) < 4.78 is 20.3. The molecule has 2 bridgehead atoms. The second-order valence-electron chi connectivity index (χ2n) is 10.2. The lowest BCUT2D eigenvalue weighted by Crippen LogP contribution is -2.29. The number of nitrogens with two attached hydrogens (primary N) is 1. The number of fused-ring (bicyclic) bond motifs is 8. The summed E-state index contributed by atoms with van der Waals surface area (Å²) in [7, 11) is 0. The van der Waals surface area contributed by atoms with Gasteiger partial charge >= 0.3 is 0 Å². The van der Waals surface area contributed by atoms with E-state index in [0.717, 1.165) is 45.3 Å². The molecule has 2 aliphatic rings. The standard InChI is InChI=1S/C30H27FN4O3/c1-15(2)22-12-27(32)34-16(3)25(22)13-33-30(36)18-5-8-21-24(11-18)29-23-10-17(4-7-20(23)28(21)38-29)26-9-6-19(31)14-35(26)37/h4-12,14-15,28-29H,13H2,1-3H3,(H2,32,34)(H,33,36)/t28-,29+/m0/s1. The number of benzene rings is 2. The molecule has 0 radical (unpaired) electrons. The molecule has 0 saturated carbocycles. The largest absolute Gasteiger partial charge is 0.618 e. The Balaban J connectivity index is 1.26. The number of nitrogens with zero attached hydrogens (tertiary/aromatic N) is 2. The van der Waals surface area contributed by atoms with E-state index < -0.39 is 5.82 Å². The summed E-state index contributed by atoms with van der Waals surface area (Å²) >= 11 is 0. The maximum Gasteiger partial charge on any atom is 0.251 e. The number of rotatable bonds is 5. The first-order valence-corrected chi connectivity index (χ1v) is 12.6. The molecule has 3 N–H and O–H groups in total. The predicted molar refractivity (Wildman–Crippen MR) is 141 cm³/mol. The molecule has 7 nitrogen and oxygen atoms in total. The molecule has 6 rings (SSSR count). The van der Waals surface area contributed by atoms with Crippen LogP contribution in [0.4, 0.5) is 10.2 Å². The lowest BCUT2D eigenvalue weighted by molar-refractivity contribution is -0.595. The smallest absolute Gasteiger partial charge is 0.251 e. The predicted octanol–water partition coefficient (Wildman–Crippen LogP) is 4.99. The number of aryl methyl sites for hydroxylation is 1. The Labute approximate surface area is 219 Å². The second kappa shape index (κ2) is 8.92. The summed E-state index contributed by atoms with van der Waals surface area (Å²) in [6.45, 7) is 6.43. The second-order valence-corrected chi connectivity index (χ2v) is 10.2. The third-order valence-corrected chi connectivity index (χ3v) is 7.45. The highest BCUT2D eigenvalue weighted by Crippen LogP contribution is 2.54. The first-order valence-electron chi connectivity index (χ1n) is 12.6. The molecule has 8 heteroatoms. The molecule has 1 amide bonds. The number of pyridine rings is 2. The SMILES string of the molecule is Cc1nc(N)cc(C(C)C)c1CNC(=O)c1ccc2c(c1)[C@@H]1O[C@H]2c2ccc(-c3ccc(F)c[n+]3[O-])cc21. The number of amides is 1. The Kier molecular flexibility index (Phi) is 5.65. The Bertz CT molecular complexity index is 1620. The third kappa shape index (κ3) is 3.88. The van der Waals surface area contributed by atoms with Gasteiger partial charge in [-0.2, -0.15) is 4.73 Å². The van der Waals surface area contributed by atoms with Gasteiger partial charge in [-0.25, -0.2) is 9.37 Å². The highest BCUT2D eigenvalue weighted by Gasteiger charge is 2.43. The van der Waals surface area contributed by atoms with Crippen molar-refractivity contribution in [2.75, 3.05) is 5.73 Å². The van der Waals surface area contributed by atoms with E-state index in [1.54, 1.807) is 0 Å². The van der Waals surface area contributed by atoms with Crippen molar-refractivity contribution >= 4 is 11.7 Å². The van der Waals surface area contributed by atoms with Crippen molar-refractivity contribution in [1.82, 2.24) is 10.3 Å². The first kappa shape index (κ1) is 24.1. The van der Waals surface area contributed by atoms with Crippen LogP contribution >= 0.6 is 0 Å². The first-order chi connectivity index (χ1) is 18.2. The van der Waals surface area contributed by atoms with Crippen LogP contribution < -0.4 is 15.8 Å². The molecule has 2 aliphatic heterocycles. The molecule has 2 aromatic carbocycles. The van der Waals surface area contributed by atoms with Crippen molar-refractivity contribution < 1.29 is 18.7 Å². The zero-order valence-corrected chi connectivity index (χ0v) is 21.3. The fraction of sp³-hybridized carbons (Fsp3) is 0.233. The fourth-order valence-corrected chi connectivity index (χ4v) is 5.59. The fourth-order valence-electron chi connectivity index (χ4n) is 5.59. The summed E-state index contributed by atoms with van der Waals surface area (Å²) in [6.07, 6.45) is 0.354. The molecule has 0 aliphatic carbocycles. The van der Waals surface area contributed by atoms with Crippen LogP contribution in [0.25, 0.3) is 11.3 Å². The highest BCUT2D eigenvalue weighted by atomic mass is 19.1. The maximum atomic E-state index is 13.4. The summed E-state index contributed by atoms with van der Waals surface area (Å²) in [5, 5.41) is 15.3. The van der Waals surface area contributed by atoms with E-state index in [-0.39, 0.29) is 24.0 Å². The van der Waals surface area contributed by atoms with Gasteiger partial charge in [-0.3, -0.25) is 4.79 Å². The Morgan fingerprint density at radius 3 is 2.53 bits per heavy atom.